The van der Waals surface area contributed by atoms with Crippen LogP contribution in [0.4, 0.5) is 5.69 Å². The van der Waals surface area contributed by atoms with E-state index in [0.717, 1.165) is 80.0 Å². The Balaban J connectivity index is 1.11. The predicted molar refractivity (Wildman–Crippen MR) is 126 cm³/mol. The molecule has 31 heavy (non-hydrogen) atoms. The number of unbranched alkanes of at least 4 members (excludes halogenated alkanes) is 1. The van der Waals surface area contributed by atoms with Crippen LogP contribution in [0.3, 0.4) is 0 Å². The van der Waals surface area contributed by atoms with Crippen LogP contribution in [-0.2, 0) is 13.0 Å². The Morgan fingerprint density at radius 3 is 2.68 bits per heavy atom. The van der Waals surface area contributed by atoms with Crippen molar-refractivity contribution in [2.75, 3.05) is 37.6 Å². The van der Waals surface area contributed by atoms with Gasteiger partial charge < -0.3 is 9.47 Å². The van der Waals surface area contributed by atoms with E-state index in [1.165, 1.54) is 17.8 Å². The normalized spacial score (nSPS) is 17.3. The molecule has 0 unspecified atom stereocenters. The fourth-order valence-electron chi connectivity index (χ4n) is 5.01. The number of hydrogen-bond donors (Lipinski definition) is 0. The third-order valence-electron chi connectivity index (χ3n) is 6.71. The predicted octanol–water partition coefficient (Wildman–Crippen LogP) is 4.81. The Morgan fingerprint density at radius 1 is 0.968 bits per heavy atom. The molecular formula is C25H29ClN4O. The van der Waals surface area contributed by atoms with Crippen LogP contribution in [0.25, 0.3) is 10.9 Å². The van der Waals surface area contributed by atoms with Crippen LogP contribution in [0.1, 0.15) is 41.7 Å². The molecule has 0 spiro atoms. The van der Waals surface area contributed by atoms with Crippen molar-refractivity contribution in [3.8, 4) is 0 Å². The maximum absolute atomic E-state index is 12.0. The molecule has 0 bridgehead atoms. The van der Waals surface area contributed by atoms with Crippen molar-refractivity contribution in [3.05, 3.63) is 59.0 Å². The van der Waals surface area contributed by atoms with Crippen LogP contribution >= 0.6 is 11.6 Å². The van der Waals surface area contributed by atoms with Crippen LogP contribution in [0.15, 0.2) is 42.7 Å². The fourth-order valence-corrected chi connectivity index (χ4v) is 5.18. The number of aromatic nitrogens is 2. The van der Waals surface area contributed by atoms with Crippen LogP contribution in [0.2, 0.25) is 5.02 Å². The van der Waals surface area contributed by atoms with E-state index in [4.69, 9.17) is 11.6 Å². The second-order valence-electron chi connectivity index (χ2n) is 8.67. The van der Waals surface area contributed by atoms with Gasteiger partial charge in [-0.05, 0) is 62.6 Å². The van der Waals surface area contributed by atoms with Crippen molar-refractivity contribution in [3.63, 3.8) is 0 Å². The molecule has 2 aliphatic rings. The summed E-state index contributed by atoms with van der Waals surface area (Å²) in [6, 6.07) is 10.1. The summed E-state index contributed by atoms with van der Waals surface area (Å²) in [4.78, 5) is 21.5. The molecule has 2 aromatic heterocycles. The van der Waals surface area contributed by atoms with Crippen molar-refractivity contribution in [2.45, 2.75) is 38.6 Å². The molecule has 1 aliphatic carbocycles. The first-order valence-electron chi connectivity index (χ1n) is 11.4. The third-order valence-corrected chi connectivity index (χ3v) is 6.95. The molecule has 0 amide bonds. The first-order valence-corrected chi connectivity index (χ1v) is 11.8. The van der Waals surface area contributed by atoms with Crippen molar-refractivity contribution < 1.29 is 4.79 Å². The average Bonchev–Trinajstić information content (AvgIpc) is 3.21. The number of aryl methyl sites for hydroxylation is 1. The average molecular weight is 437 g/mol. The summed E-state index contributed by atoms with van der Waals surface area (Å²) in [6.45, 7) is 6.37. The van der Waals surface area contributed by atoms with Gasteiger partial charge in [0.25, 0.3) is 0 Å². The van der Waals surface area contributed by atoms with E-state index in [2.05, 4.69) is 31.6 Å². The SMILES string of the molecule is O=C1CCCc2c1ccn2CCCCN1CCN(c2ccnc3ccc(Cl)cc23)CC1. The number of carbonyl (C=O) groups excluding carboxylic acids is 1. The smallest absolute Gasteiger partial charge is 0.164 e. The lowest BCUT2D eigenvalue weighted by Gasteiger charge is -2.36. The molecular weight excluding hydrogens is 408 g/mol. The van der Waals surface area contributed by atoms with Crippen molar-refractivity contribution in [2.24, 2.45) is 0 Å². The van der Waals surface area contributed by atoms with E-state index in [9.17, 15) is 4.79 Å². The minimum absolute atomic E-state index is 0.321. The summed E-state index contributed by atoms with van der Waals surface area (Å²) in [5.41, 5.74) is 4.46. The van der Waals surface area contributed by atoms with Crippen LogP contribution in [-0.4, -0.2) is 53.0 Å². The number of Topliss-reactive ketones (excluding diaryl/α,β-unsaturated/α-hetero) is 1. The monoisotopic (exact) mass is 436 g/mol. The van der Waals surface area contributed by atoms with Crippen LogP contribution in [0.5, 0.6) is 0 Å². The number of carbonyl (C=O) groups is 1. The number of rotatable bonds is 6. The lowest BCUT2D eigenvalue weighted by atomic mass is 9.97. The summed E-state index contributed by atoms with van der Waals surface area (Å²) in [7, 11) is 0. The zero-order valence-electron chi connectivity index (χ0n) is 17.9. The zero-order chi connectivity index (χ0) is 21.2. The molecule has 3 heterocycles. The highest BCUT2D eigenvalue weighted by atomic mass is 35.5. The molecule has 0 radical (unpaired) electrons. The summed E-state index contributed by atoms with van der Waals surface area (Å²) >= 11 is 6.23. The molecule has 1 fully saturated rings. The second-order valence-corrected chi connectivity index (χ2v) is 9.11. The fraction of sp³-hybridized carbons (Fsp3) is 0.440. The standard InChI is InChI=1S/C25H29ClN4O/c26-19-6-7-22-21(18-19)24(8-10-27-22)30-16-14-28(15-17-30)11-1-2-12-29-13-9-20-23(29)4-3-5-25(20)31/h6-10,13,18H,1-5,11-12,14-17H2. The minimum Gasteiger partial charge on any atom is -0.368 e. The van der Waals surface area contributed by atoms with Crippen LogP contribution < -0.4 is 4.90 Å². The first kappa shape index (κ1) is 20.5. The molecule has 5 nitrogen and oxygen atoms in total. The van der Waals surface area contributed by atoms with E-state index in [0.29, 0.717) is 12.2 Å². The van der Waals surface area contributed by atoms with Gasteiger partial charge in [-0.3, -0.25) is 14.7 Å². The van der Waals surface area contributed by atoms with Crippen molar-refractivity contribution >= 4 is 34.0 Å². The Labute approximate surface area is 188 Å². The number of ketones is 1. The Hall–Kier alpha value is -2.37. The zero-order valence-corrected chi connectivity index (χ0v) is 18.7. The molecule has 6 heteroatoms. The van der Waals surface area contributed by atoms with E-state index in [-0.39, 0.29) is 0 Å². The number of piperazine rings is 1. The van der Waals surface area contributed by atoms with Gasteiger partial charge >= 0.3 is 0 Å². The number of pyridine rings is 1. The van der Waals surface area contributed by atoms with Gasteiger partial charge in [0.2, 0.25) is 0 Å². The number of fused-ring (bicyclic) bond motifs is 2. The highest BCUT2D eigenvalue weighted by Crippen LogP contribution is 2.28. The Morgan fingerprint density at radius 2 is 1.81 bits per heavy atom. The molecule has 1 saturated heterocycles. The number of anilines is 1. The lowest BCUT2D eigenvalue weighted by molar-refractivity contribution is 0.0971. The van der Waals surface area contributed by atoms with Gasteiger partial charge in [0.15, 0.2) is 5.78 Å². The summed E-state index contributed by atoms with van der Waals surface area (Å²) in [6.07, 6.45) is 9.11. The molecule has 0 N–H and O–H groups in total. The maximum atomic E-state index is 12.0. The molecule has 1 aromatic carbocycles. The molecule has 5 rings (SSSR count). The molecule has 162 valence electrons. The van der Waals surface area contributed by atoms with E-state index in [1.54, 1.807) is 0 Å². The van der Waals surface area contributed by atoms with Gasteiger partial charge in [0.1, 0.15) is 0 Å². The topological polar surface area (TPSA) is 41.4 Å². The maximum Gasteiger partial charge on any atom is 0.164 e. The molecule has 1 aliphatic heterocycles. The van der Waals surface area contributed by atoms with Gasteiger partial charge in [-0.1, -0.05) is 11.6 Å². The van der Waals surface area contributed by atoms with Gasteiger partial charge in [0.05, 0.1) is 5.52 Å². The van der Waals surface area contributed by atoms with Crippen LogP contribution in [0, 0.1) is 0 Å². The Bertz CT molecular complexity index is 1080. The largest absolute Gasteiger partial charge is 0.368 e. The second kappa shape index (κ2) is 9.01. The summed E-state index contributed by atoms with van der Waals surface area (Å²) in [5.74, 6) is 0.321. The summed E-state index contributed by atoms with van der Waals surface area (Å²) < 4.78 is 2.31. The molecule has 0 saturated carbocycles. The van der Waals surface area contributed by atoms with E-state index >= 15 is 0 Å². The third kappa shape index (κ3) is 4.35. The quantitative estimate of drug-likeness (QED) is 0.520. The van der Waals surface area contributed by atoms with Gasteiger partial charge in [0, 0.05) is 78.9 Å². The first-order chi connectivity index (χ1) is 15.2. The van der Waals surface area contributed by atoms with E-state index in [1.807, 2.05) is 30.5 Å². The number of hydrogen-bond acceptors (Lipinski definition) is 4. The highest BCUT2D eigenvalue weighted by Gasteiger charge is 2.21. The molecule has 0 atom stereocenters. The number of benzene rings is 1. The lowest BCUT2D eigenvalue weighted by Crippen LogP contribution is -2.46. The molecule has 3 aromatic rings. The van der Waals surface area contributed by atoms with E-state index < -0.39 is 0 Å². The Kier molecular flexibility index (Phi) is 5.97. The number of nitrogens with zero attached hydrogens (tertiary/aromatic N) is 4. The highest BCUT2D eigenvalue weighted by molar-refractivity contribution is 6.31. The van der Waals surface area contributed by atoms with Crippen molar-refractivity contribution in [1.29, 1.82) is 0 Å². The van der Waals surface area contributed by atoms with Crippen molar-refractivity contribution in [1.82, 2.24) is 14.5 Å². The van der Waals surface area contributed by atoms with Gasteiger partial charge in [-0.25, -0.2) is 0 Å². The van der Waals surface area contributed by atoms with Gasteiger partial charge in [-0.2, -0.15) is 0 Å². The minimum atomic E-state index is 0.321. The number of halogens is 1. The van der Waals surface area contributed by atoms with Gasteiger partial charge in [-0.15, -0.1) is 0 Å². The summed E-state index contributed by atoms with van der Waals surface area (Å²) in [5, 5.41) is 1.89.